The van der Waals surface area contributed by atoms with Crippen molar-refractivity contribution in [2.45, 2.75) is 26.2 Å². The second-order valence-corrected chi connectivity index (χ2v) is 5.19. The molecule has 0 fully saturated rings. The fourth-order valence-corrected chi connectivity index (χ4v) is 1.65. The Balaban J connectivity index is 2.31. The quantitative estimate of drug-likeness (QED) is 0.830. The Bertz CT molecular complexity index is 563. The van der Waals surface area contributed by atoms with Gasteiger partial charge in [-0.05, 0) is 23.1 Å². The molecule has 94 valence electrons. The number of hydrogen-bond donors (Lipinski definition) is 1. The minimum atomic E-state index is -0.224. The molecule has 0 unspecified atom stereocenters. The molecule has 0 saturated heterocycles. The largest absolute Gasteiger partial charge is 0.368 e. The zero-order valence-electron chi connectivity index (χ0n) is 10.7. The Hall–Kier alpha value is -2.17. The topological polar surface area (TPSA) is 73.8 Å². The number of aromatic nitrogens is 3. The zero-order valence-corrected chi connectivity index (χ0v) is 10.7. The van der Waals surface area contributed by atoms with Crippen LogP contribution in [0.2, 0.25) is 0 Å². The van der Waals surface area contributed by atoms with E-state index in [-0.39, 0.29) is 17.3 Å². The highest BCUT2D eigenvalue weighted by Gasteiger charge is 2.16. The van der Waals surface area contributed by atoms with E-state index < -0.39 is 0 Å². The lowest BCUT2D eigenvalue weighted by atomic mass is 9.87. The highest BCUT2D eigenvalue weighted by Crippen LogP contribution is 2.22. The number of benzene rings is 1. The smallest absolute Gasteiger partial charge is 0.266 e. The highest BCUT2D eigenvalue weighted by molar-refractivity contribution is 5.97. The van der Waals surface area contributed by atoms with Crippen LogP contribution in [0.3, 0.4) is 0 Å². The van der Waals surface area contributed by atoms with Crippen molar-refractivity contribution in [2.75, 3.05) is 5.73 Å². The maximum Gasteiger partial charge on any atom is 0.266 e. The first-order chi connectivity index (χ1) is 8.39. The number of nitrogen functional groups attached to an aromatic ring is 1. The first kappa shape index (κ1) is 12.3. The predicted molar refractivity (Wildman–Crippen MR) is 69.3 cm³/mol. The molecule has 5 nitrogen and oxygen atoms in total. The van der Waals surface area contributed by atoms with Crippen molar-refractivity contribution < 1.29 is 4.79 Å². The molecule has 0 radical (unpaired) electrons. The van der Waals surface area contributed by atoms with Gasteiger partial charge in [0.15, 0.2) is 0 Å². The molecule has 0 amide bonds. The highest BCUT2D eigenvalue weighted by atomic mass is 16.2. The molecular formula is C13H16N4O. The van der Waals surface area contributed by atoms with Crippen molar-refractivity contribution in [3.8, 4) is 0 Å². The molecule has 0 atom stereocenters. The van der Waals surface area contributed by atoms with E-state index in [1.165, 1.54) is 16.5 Å². The van der Waals surface area contributed by atoms with Gasteiger partial charge in [0.05, 0.1) is 0 Å². The van der Waals surface area contributed by atoms with Gasteiger partial charge in [-0.15, -0.1) is 10.2 Å². The van der Waals surface area contributed by atoms with Crippen molar-refractivity contribution in [1.29, 1.82) is 0 Å². The molecule has 0 saturated carbocycles. The number of carbonyl (C=O) groups is 1. The average Bonchev–Trinajstić information content (AvgIpc) is 2.73. The van der Waals surface area contributed by atoms with Crippen molar-refractivity contribution in [3.05, 3.63) is 41.7 Å². The fraction of sp³-hybridized carbons (Fsp3) is 0.308. The van der Waals surface area contributed by atoms with E-state index in [1.54, 1.807) is 12.1 Å². The number of nitrogens with two attached hydrogens (primary N) is 1. The van der Waals surface area contributed by atoms with Gasteiger partial charge in [-0.3, -0.25) is 4.79 Å². The van der Waals surface area contributed by atoms with Crippen LogP contribution in [0.15, 0.2) is 30.6 Å². The second-order valence-electron chi connectivity index (χ2n) is 5.19. The Kier molecular flexibility index (Phi) is 2.90. The summed E-state index contributed by atoms with van der Waals surface area (Å²) in [6, 6.07) is 7.49. The lowest BCUT2D eigenvalue weighted by Crippen LogP contribution is -2.15. The summed E-state index contributed by atoms with van der Waals surface area (Å²) < 4.78 is 1.23. The SMILES string of the molecule is CC(C)(C)c1ccc(C(=O)n2cnnc2N)cc1. The summed E-state index contributed by atoms with van der Waals surface area (Å²) in [4.78, 5) is 12.1. The lowest BCUT2D eigenvalue weighted by molar-refractivity contribution is 0.0962. The minimum Gasteiger partial charge on any atom is -0.368 e. The van der Waals surface area contributed by atoms with Crippen LogP contribution in [0.4, 0.5) is 5.95 Å². The third-order valence-electron chi connectivity index (χ3n) is 2.79. The summed E-state index contributed by atoms with van der Waals surface area (Å²) in [6.07, 6.45) is 1.31. The summed E-state index contributed by atoms with van der Waals surface area (Å²) in [7, 11) is 0. The average molecular weight is 244 g/mol. The second kappa shape index (κ2) is 4.25. The normalized spacial score (nSPS) is 11.5. The molecule has 1 aromatic carbocycles. The van der Waals surface area contributed by atoms with Gasteiger partial charge >= 0.3 is 0 Å². The van der Waals surface area contributed by atoms with Crippen LogP contribution in [0.25, 0.3) is 0 Å². The van der Waals surface area contributed by atoms with Crippen molar-refractivity contribution in [2.24, 2.45) is 0 Å². The van der Waals surface area contributed by atoms with Gasteiger partial charge in [0, 0.05) is 5.56 Å². The van der Waals surface area contributed by atoms with Gasteiger partial charge in [-0.25, -0.2) is 4.57 Å². The number of nitrogens with zero attached hydrogens (tertiary/aromatic N) is 3. The number of hydrogen-bond acceptors (Lipinski definition) is 4. The molecule has 18 heavy (non-hydrogen) atoms. The van der Waals surface area contributed by atoms with Gasteiger partial charge in [0.1, 0.15) is 6.33 Å². The van der Waals surface area contributed by atoms with Gasteiger partial charge in [0.25, 0.3) is 5.91 Å². The fourth-order valence-electron chi connectivity index (χ4n) is 1.65. The summed E-state index contributed by atoms with van der Waals surface area (Å²) in [5.41, 5.74) is 7.35. The van der Waals surface area contributed by atoms with Crippen molar-refractivity contribution >= 4 is 11.9 Å². The number of anilines is 1. The van der Waals surface area contributed by atoms with Crippen molar-refractivity contribution in [1.82, 2.24) is 14.8 Å². The van der Waals surface area contributed by atoms with E-state index in [1.807, 2.05) is 12.1 Å². The Morgan fingerprint density at radius 1 is 1.22 bits per heavy atom. The first-order valence-corrected chi connectivity index (χ1v) is 5.70. The molecule has 5 heteroatoms. The monoisotopic (exact) mass is 244 g/mol. The Morgan fingerprint density at radius 3 is 2.28 bits per heavy atom. The summed E-state index contributed by atoms with van der Waals surface area (Å²) >= 11 is 0. The van der Waals surface area contributed by atoms with Crippen LogP contribution in [-0.2, 0) is 5.41 Å². The third kappa shape index (κ3) is 2.25. The van der Waals surface area contributed by atoms with Crippen LogP contribution in [-0.4, -0.2) is 20.7 Å². The van der Waals surface area contributed by atoms with Crippen molar-refractivity contribution in [3.63, 3.8) is 0 Å². The van der Waals surface area contributed by atoms with E-state index in [2.05, 4.69) is 31.0 Å². The molecule has 0 spiro atoms. The Labute approximate surface area is 106 Å². The van der Waals surface area contributed by atoms with E-state index in [9.17, 15) is 4.79 Å². The molecule has 0 aliphatic carbocycles. The summed E-state index contributed by atoms with van der Waals surface area (Å²) in [5.74, 6) is -0.127. The van der Waals surface area contributed by atoms with Crippen LogP contribution in [0.5, 0.6) is 0 Å². The summed E-state index contributed by atoms with van der Waals surface area (Å²) in [5, 5.41) is 7.18. The van der Waals surface area contributed by atoms with Crippen LogP contribution in [0.1, 0.15) is 36.7 Å². The number of rotatable bonds is 1. The first-order valence-electron chi connectivity index (χ1n) is 5.70. The number of carbonyl (C=O) groups excluding carboxylic acids is 1. The molecule has 1 aromatic heterocycles. The maximum absolute atomic E-state index is 12.1. The van der Waals surface area contributed by atoms with Gasteiger partial charge < -0.3 is 5.73 Å². The van der Waals surface area contributed by atoms with Gasteiger partial charge in [0.2, 0.25) is 5.95 Å². The summed E-state index contributed by atoms with van der Waals surface area (Å²) in [6.45, 7) is 6.38. The standard InChI is InChI=1S/C13H16N4O/c1-13(2,3)10-6-4-9(5-7-10)11(18)17-8-15-16-12(17)14/h4-8H,1-3H3,(H2,14,16). The van der Waals surface area contributed by atoms with Crippen LogP contribution in [0, 0.1) is 0 Å². The molecule has 2 N–H and O–H groups in total. The predicted octanol–water partition coefficient (Wildman–Crippen LogP) is 1.85. The van der Waals surface area contributed by atoms with Crippen LogP contribution >= 0.6 is 0 Å². The maximum atomic E-state index is 12.1. The molecule has 2 aromatic rings. The lowest BCUT2D eigenvalue weighted by Gasteiger charge is -2.18. The minimum absolute atomic E-state index is 0.0666. The zero-order chi connectivity index (χ0) is 13.3. The third-order valence-corrected chi connectivity index (χ3v) is 2.79. The Morgan fingerprint density at radius 2 is 1.83 bits per heavy atom. The molecule has 0 bridgehead atoms. The van der Waals surface area contributed by atoms with Crippen LogP contribution < -0.4 is 5.73 Å². The van der Waals surface area contributed by atoms with Gasteiger partial charge in [-0.2, -0.15) is 0 Å². The molecule has 0 aliphatic heterocycles. The molecule has 2 rings (SSSR count). The molecule has 0 aliphatic rings. The van der Waals surface area contributed by atoms with Gasteiger partial charge in [-0.1, -0.05) is 32.9 Å². The van der Waals surface area contributed by atoms with E-state index in [4.69, 9.17) is 5.73 Å². The van der Waals surface area contributed by atoms with E-state index in [0.717, 1.165) is 0 Å². The molecular weight excluding hydrogens is 228 g/mol. The molecule has 1 heterocycles. The van der Waals surface area contributed by atoms with E-state index in [0.29, 0.717) is 5.56 Å². The van der Waals surface area contributed by atoms with E-state index >= 15 is 0 Å².